The number of nitriles is 1. The van der Waals surface area contributed by atoms with Gasteiger partial charge in [-0.25, -0.2) is 0 Å². The van der Waals surface area contributed by atoms with E-state index in [4.69, 9.17) is 5.26 Å². The van der Waals surface area contributed by atoms with Crippen LogP contribution in [-0.4, -0.2) is 16.3 Å². The van der Waals surface area contributed by atoms with Crippen molar-refractivity contribution in [3.63, 3.8) is 0 Å². The van der Waals surface area contributed by atoms with Crippen LogP contribution in [0.25, 0.3) is 11.1 Å². The summed E-state index contributed by atoms with van der Waals surface area (Å²) in [6, 6.07) is 5.87. The van der Waals surface area contributed by atoms with Gasteiger partial charge in [0.2, 0.25) is 5.69 Å². The molecule has 1 N–H and O–H groups in total. The molecule has 0 amide bonds. The fourth-order valence-electron chi connectivity index (χ4n) is 1.85. The van der Waals surface area contributed by atoms with E-state index in [1.54, 1.807) is 0 Å². The lowest BCUT2D eigenvalue weighted by Crippen LogP contribution is -2.17. The lowest BCUT2D eigenvalue weighted by molar-refractivity contribution is -0.386. The highest BCUT2D eigenvalue weighted by atomic mass is 19.4. The summed E-state index contributed by atoms with van der Waals surface area (Å²) in [5.41, 5.74) is -2.91. The summed E-state index contributed by atoms with van der Waals surface area (Å²) in [5.74, 6) is -0.582. The van der Waals surface area contributed by atoms with Gasteiger partial charge in [-0.15, -0.1) is 13.2 Å². The molecule has 2 aromatic rings. The maximum atomic E-state index is 12.2. The van der Waals surface area contributed by atoms with Crippen LogP contribution in [0.15, 0.2) is 35.3 Å². The van der Waals surface area contributed by atoms with E-state index in [2.05, 4.69) is 9.72 Å². The number of hydrogen-bond acceptors (Lipinski definition) is 5. The molecule has 118 valence electrons. The molecular weight excluding hydrogens is 319 g/mol. The second-order valence-corrected chi connectivity index (χ2v) is 4.20. The molecule has 0 unspecified atom stereocenters. The van der Waals surface area contributed by atoms with Gasteiger partial charge in [-0.2, -0.15) is 5.26 Å². The Bertz CT molecular complexity index is 868. The molecule has 1 aromatic carbocycles. The lowest BCUT2D eigenvalue weighted by Gasteiger charge is -2.10. The highest BCUT2D eigenvalue weighted by molar-refractivity contribution is 5.67. The van der Waals surface area contributed by atoms with Crippen LogP contribution in [0.1, 0.15) is 5.69 Å². The number of aromatic amines is 1. The monoisotopic (exact) mass is 325 g/mol. The molecule has 10 heteroatoms. The van der Waals surface area contributed by atoms with Gasteiger partial charge >= 0.3 is 12.0 Å². The van der Waals surface area contributed by atoms with Crippen molar-refractivity contribution in [2.24, 2.45) is 0 Å². The summed E-state index contributed by atoms with van der Waals surface area (Å²) < 4.78 is 40.4. The van der Waals surface area contributed by atoms with E-state index < -0.39 is 33.8 Å². The molecule has 2 rings (SSSR count). The fourth-order valence-corrected chi connectivity index (χ4v) is 1.85. The van der Waals surface area contributed by atoms with Gasteiger partial charge in [-0.05, 0) is 17.7 Å². The zero-order chi connectivity index (χ0) is 17.2. The van der Waals surface area contributed by atoms with Crippen LogP contribution >= 0.6 is 0 Å². The SMILES string of the molecule is N#Cc1[nH]cc(-c2cccc(OC(F)(F)F)c2)c(=O)c1[N+](=O)[O-]. The van der Waals surface area contributed by atoms with Crippen molar-refractivity contribution in [1.82, 2.24) is 4.98 Å². The van der Waals surface area contributed by atoms with Crippen LogP contribution in [0.5, 0.6) is 5.75 Å². The summed E-state index contributed by atoms with van der Waals surface area (Å²) >= 11 is 0. The van der Waals surface area contributed by atoms with Crippen LogP contribution < -0.4 is 10.2 Å². The number of alkyl halides is 3. The fraction of sp³-hybridized carbons (Fsp3) is 0.0769. The van der Waals surface area contributed by atoms with Crippen molar-refractivity contribution in [2.75, 3.05) is 0 Å². The van der Waals surface area contributed by atoms with Crippen molar-refractivity contribution >= 4 is 5.69 Å². The molecule has 1 heterocycles. The minimum absolute atomic E-state index is 0.0272. The quantitative estimate of drug-likeness (QED) is 0.689. The summed E-state index contributed by atoms with van der Waals surface area (Å²) in [7, 11) is 0. The minimum atomic E-state index is -4.91. The number of rotatable bonds is 3. The molecule has 0 radical (unpaired) electrons. The predicted octanol–water partition coefficient (Wildman–Crippen LogP) is 2.72. The number of benzene rings is 1. The molecule has 0 saturated carbocycles. The van der Waals surface area contributed by atoms with Crippen molar-refractivity contribution < 1.29 is 22.8 Å². The van der Waals surface area contributed by atoms with Crippen molar-refractivity contribution in [3.05, 3.63) is 56.5 Å². The molecule has 0 aliphatic heterocycles. The summed E-state index contributed by atoms with van der Waals surface area (Å²) in [5, 5.41) is 19.7. The highest BCUT2D eigenvalue weighted by Gasteiger charge is 2.31. The molecule has 0 atom stereocenters. The first-order valence-corrected chi connectivity index (χ1v) is 5.89. The Labute approximate surface area is 125 Å². The van der Waals surface area contributed by atoms with Crippen LogP contribution in [0.2, 0.25) is 0 Å². The third-order valence-corrected chi connectivity index (χ3v) is 2.73. The maximum absolute atomic E-state index is 12.2. The van der Waals surface area contributed by atoms with Gasteiger partial charge in [0, 0.05) is 6.20 Å². The molecule has 23 heavy (non-hydrogen) atoms. The van der Waals surface area contributed by atoms with Crippen molar-refractivity contribution in [1.29, 1.82) is 5.26 Å². The number of pyridine rings is 1. The summed E-state index contributed by atoms with van der Waals surface area (Å²) in [6.45, 7) is 0. The standard InChI is InChI=1S/C13H6F3N3O4/c14-13(15,16)23-8-3-1-2-7(4-8)9-6-18-10(5-17)11(12(9)20)19(21)22/h1-4,6H,(H,18,20). The van der Waals surface area contributed by atoms with Gasteiger partial charge in [-0.1, -0.05) is 12.1 Å². The topological polar surface area (TPSA) is 109 Å². The van der Waals surface area contributed by atoms with E-state index >= 15 is 0 Å². The number of nitro groups is 1. The molecule has 0 aliphatic rings. The van der Waals surface area contributed by atoms with Gasteiger partial charge < -0.3 is 9.72 Å². The van der Waals surface area contributed by atoms with Gasteiger partial charge in [0.05, 0.1) is 10.5 Å². The maximum Gasteiger partial charge on any atom is 0.573 e. The number of nitrogens with one attached hydrogen (secondary N) is 1. The zero-order valence-electron chi connectivity index (χ0n) is 11.0. The Morgan fingerprint density at radius 1 is 1.35 bits per heavy atom. The van der Waals surface area contributed by atoms with Crippen molar-refractivity contribution in [2.45, 2.75) is 6.36 Å². The average Bonchev–Trinajstić information content (AvgIpc) is 2.44. The van der Waals surface area contributed by atoms with Crippen LogP contribution in [0.3, 0.4) is 0 Å². The van der Waals surface area contributed by atoms with Crippen LogP contribution in [0.4, 0.5) is 18.9 Å². The lowest BCUT2D eigenvalue weighted by atomic mass is 10.1. The first-order chi connectivity index (χ1) is 10.7. The molecule has 7 nitrogen and oxygen atoms in total. The van der Waals surface area contributed by atoms with Gasteiger partial charge in [0.15, 0.2) is 0 Å². The number of halogens is 3. The third kappa shape index (κ3) is 3.46. The smallest absolute Gasteiger partial charge is 0.406 e. The van der Waals surface area contributed by atoms with Gasteiger partial charge in [0.25, 0.3) is 5.43 Å². The molecule has 1 aromatic heterocycles. The molecule has 0 bridgehead atoms. The number of ether oxygens (including phenoxy) is 1. The first-order valence-electron chi connectivity index (χ1n) is 5.89. The molecule has 0 saturated heterocycles. The second-order valence-electron chi connectivity index (χ2n) is 4.20. The van der Waals surface area contributed by atoms with E-state index in [1.165, 1.54) is 18.2 Å². The Hall–Kier alpha value is -3.35. The van der Waals surface area contributed by atoms with Gasteiger partial charge in [-0.3, -0.25) is 14.9 Å². The number of H-pyrrole nitrogens is 1. The van der Waals surface area contributed by atoms with Gasteiger partial charge in [0.1, 0.15) is 11.8 Å². The normalized spacial score (nSPS) is 10.9. The first kappa shape index (κ1) is 16.0. The van der Waals surface area contributed by atoms with Crippen LogP contribution in [-0.2, 0) is 0 Å². The zero-order valence-corrected chi connectivity index (χ0v) is 11.0. The molecule has 0 spiro atoms. The molecular formula is C13H6F3N3O4. The number of aromatic nitrogens is 1. The van der Waals surface area contributed by atoms with E-state index in [-0.39, 0.29) is 11.1 Å². The Kier molecular flexibility index (Phi) is 4.04. The Morgan fingerprint density at radius 2 is 2.04 bits per heavy atom. The van der Waals surface area contributed by atoms with E-state index in [0.29, 0.717) is 0 Å². The predicted molar refractivity (Wildman–Crippen MR) is 70.6 cm³/mol. The van der Waals surface area contributed by atoms with Crippen LogP contribution in [0, 0.1) is 21.4 Å². The van der Waals surface area contributed by atoms with E-state index in [1.807, 2.05) is 0 Å². The van der Waals surface area contributed by atoms with E-state index in [9.17, 15) is 28.1 Å². The Morgan fingerprint density at radius 3 is 2.61 bits per heavy atom. The number of hydrogen-bond donors (Lipinski definition) is 1. The van der Waals surface area contributed by atoms with Crippen molar-refractivity contribution in [3.8, 4) is 22.9 Å². The Balaban J connectivity index is 2.58. The summed E-state index contributed by atoms with van der Waals surface area (Å²) in [4.78, 5) is 24.3. The molecule has 0 fully saturated rings. The largest absolute Gasteiger partial charge is 0.573 e. The molecule has 0 aliphatic carbocycles. The third-order valence-electron chi connectivity index (χ3n) is 2.73. The average molecular weight is 325 g/mol. The minimum Gasteiger partial charge on any atom is -0.406 e. The highest BCUT2D eigenvalue weighted by Crippen LogP contribution is 2.27. The number of nitrogens with zero attached hydrogens (tertiary/aromatic N) is 2. The van der Waals surface area contributed by atoms with E-state index in [0.717, 1.165) is 18.3 Å². The summed E-state index contributed by atoms with van der Waals surface area (Å²) in [6.07, 6.45) is -3.90. The second kappa shape index (κ2) is 5.80.